The van der Waals surface area contributed by atoms with Gasteiger partial charge in [0.1, 0.15) is 11.5 Å². The summed E-state index contributed by atoms with van der Waals surface area (Å²) in [7, 11) is 0. The molecule has 5 rings (SSSR count). The Morgan fingerprint density at radius 1 is 0.727 bits per heavy atom. The van der Waals surface area contributed by atoms with Gasteiger partial charge >= 0.3 is 0 Å². The third-order valence-electron chi connectivity index (χ3n) is 7.42. The molecule has 0 aromatic heterocycles. The number of ether oxygens (including phenoxy) is 4. The summed E-state index contributed by atoms with van der Waals surface area (Å²) in [6.07, 6.45) is 10.4. The molecule has 0 N–H and O–H groups in total. The van der Waals surface area contributed by atoms with Gasteiger partial charge in [-0.15, -0.1) is 0 Å². The van der Waals surface area contributed by atoms with Crippen molar-refractivity contribution in [3.63, 3.8) is 0 Å². The number of hydrogen-bond donors (Lipinski definition) is 0. The van der Waals surface area contributed by atoms with Crippen LogP contribution in [0.2, 0.25) is 0 Å². The lowest BCUT2D eigenvalue weighted by Gasteiger charge is -2.29. The van der Waals surface area contributed by atoms with Gasteiger partial charge in [-0.3, -0.25) is 0 Å². The standard InChI is InChI=1S/C29H38O4/c1-21-18-25(12-15-29(21)31-17-3-5-28-20-33-28)24-8-6-22(7-9-24)23-10-13-26(14-11-23)30-16-2-4-27-19-32-27/h10-15,18,22,24,27-28H,2-9,16-17,19-20H2,1H3. The van der Waals surface area contributed by atoms with Gasteiger partial charge in [0.2, 0.25) is 0 Å². The van der Waals surface area contributed by atoms with E-state index in [2.05, 4.69) is 49.4 Å². The van der Waals surface area contributed by atoms with Crippen molar-refractivity contribution in [1.82, 2.24) is 0 Å². The number of benzene rings is 2. The molecule has 0 radical (unpaired) electrons. The van der Waals surface area contributed by atoms with Crippen LogP contribution in [0.25, 0.3) is 0 Å². The summed E-state index contributed by atoms with van der Waals surface area (Å²) < 4.78 is 22.4. The summed E-state index contributed by atoms with van der Waals surface area (Å²) >= 11 is 0. The molecule has 2 saturated heterocycles. The molecule has 4 nitrogen and oxygen atoms in total. The van der Waals surface area contributed by atoms with Crippen molar-refractivity contribution in [2.24, 2.45) is 0 Å². The fraction of sp³-hybridized carbons (Fsp3) is 0.586. The van der Waals surface area contributed by atoms with Gasteiger partial charge in [0, 0.05) is 0 Å². The van der Waals surface area contributed by atoms with Gasteiger partial charge < -0.3 is 18.9 Å². The molecule has 3 fully saturated rings. The van der Waals surface area contributed by atoms with E-state index >= 15 is 0 Å². The molecular formula is C29H38O4. The average molecular weight is 451 g/mol. The van der Waals surface area contributed by atoms with Gasteiger partial charge in [-0.1, -0.05) is 24.3 Å². The SMILES string of the molecule is Cc1cc(C2CCC(c3ccc(OCCCC4CO4)cc3)CC2)ccc1OCCCC1CO1. The highest BCUT2D eigenvalue weighted by molar-refractivity contribution is 5.38. The molecule has 2 atom stereocenters. The lowest BCUT2D eigenvalue weighted by Crippen LogP contribution is -2.12. The average Bonchev–Trinajstić information content (AvgIpc) is 3.77. The van der Waals surface area contributed by atoms with E-state index < -0.39 is 0 Å². The predicted molar refractivity (Wildman–Crippen MR) is 131 cm³/mol. The van der Waals surface area contributed by atoms with Crippen molar-refractivity contribution in [2.45, 2.75) is 82.3 Å². The third kappa shape index (κ3) is 6.74. The quantitative estimate of drug-likeness (QED) is 0.272. The molecule has 1 aliphatic carbocycles. The molecule has 4 heteroatoms. The smallest absolute Gasteiger partial charge is 0.122 e. The maximum atomic E-state index is 6.01. The van der Waals surface area contributed by atoms with E-state index in [1.54, 1.807) is 0 Å². The summed E-state index contributed by atoms with van der Waals surface area (Å²) in [5.74, 6) is 3.36. The zero-order chi connectivity index (χ0) is 22.5. The minimum Gasteiger partial charge on any atom is -0.494 e. The molecule has 3 aliphatic rings. The molecule has 0 amide bonds. The molecule has 33 heavy (non-hydrogen) atoms. The van der Waals surface area contributed by atoms with Gasteiger partial charge in [0.05, 0.1) is 38.6 Å². The van der Waals surface area contributed by atoms with Crippen LogP contribution in [0.3, 0.4) is 0 Å². The number of aryl methyl sites for hydroxylation is 1. The normalized spacial score (nSPS) is 26.1. The Labute approximate surface area is 198 Å². The van der Waals surface area contributed by atoms with Crippen LogP contribution in [0.4, 0.5) is 0 Å². The highest BCUT2D eigenvalue weighted by Gasteiger charge is 2.24. The fourth-order valence-corrected chi connectivity index (χ4v) is 5.15. The van der Waals surface area contributed by atoms with Gasteiger partial charge in [-0.05, 0) is 105 Å². The molecule has 0 spiro atoms. The minimum absolute atomic E-state index is 0.496. The highest BCUT2D eigenvalue weighted by atomic mass is 16.6. The van der Waals surface area contributed by atoms with Crippen molar-refractivity contribution in [3.05, 3.63) is 59.2 Å². The van der Waals surface area contributed by atoms with Gasteiger partial charge in [-0.2, -0.15) is 0 Å². The maximum Gasteiger partial charge on any atom is 0.122 e. The zero-order valence-corrected chi connectivity index (χ0v) is 20.0. The number of epoxide rings is 2. The molecule has 2 unspecified atom stereocenters. The van der Waals surface area contributed by atoms with Crippen molar-refractivity contribution < 1.29 is 18.9 Å². The van der Waals surface area contributed by atoms with Crippen LogP contribution < -0.4 is 9.47 Å². The predicted octanol–water partition coefficient (Wildman–Crippen LogP) is 6.55. The Kier molecular flexibility index (Phi) is 7.53. The number of hydrogen-bond acceptors (Lipinski definition) is 4. The molecule has 2 aromatic rings. The van der Waals surface area contributed by atoms with Crippen LogP contribution in [-0.2, 0) is 9.47 Å². The first-order valence-corrected chi connectivity index (χ1v) is 12.9. The highest BCUT2D eigenvalue weighted by Crippen LogP contribution is 2.41. The summed E-state index contributed by atoms with van der Waals surface area (Å²) in [5.41, 5.74) is 4.20. The molecule has 2 aromatic carbocycles. The van der Waals surface area contributed by atoms with Crippen LogP contribution in [0.1, 0.15) is 79.9 Å². The second kappa shape index (κ2) is 10.9. The van der Waals surface area contributed by atoms with E-state index in [0.29, 0.717) is 24.0 Å². The van der Waals surface area contributed by atoms with Crippen LogP contribution in [0, 0.1) is 6.92 Å². The summed E-state index contributed by atoms with van der Waals surface area (Å²) in [5, 5.41) is 0. The molecular weight excluding hydrogens is 412 g/mol. The molecule has 1 saturated carbocycles. The first-order chi connectivity index (χ1) is 16.2. The number of rotatable bonds is 12. The summed E-state index contributed by atoms with van der Waals surface area (Å²) in [4.78, 5) is 0. The van der Waals surface area contributed by atoms with Gasteiger partial charge in [-0.25, -0.2) is 0 Å². The lowest BCUT2D eigenvalue weighted by molar-refractivity contribution is 0.292. The molecule has 2 heterocycles. The summed E-state index contributed by atoms with van der Waals surface area (Å²) in [6, 6.07) is 15.7. The Bertz CT molecular complexity index is 877. The first kappa shape index (κ1) is 22.7. The monoisotopic (exact) mass is 450 g/mol. The molecule has 178 valence electrons. The van der Waals surface area contributed by atoms with E-state index in [0.717, 1.165) is 63.6 Å². The van der Waals surface area contributed by atoms with Gasteiger partial charge in [0.25, 0.3) is 0 Å². The largest absolute Gasteiger partial charge is 0.494 e. The van der Waals surface area contributed by atoms with E-state index in [-0.39, 0.29) is 0 Å². The van der Waals surface area contributed by atoms with E-state index in [4.69, 9.17) is 18.9 Å². The summed E-state index contributed by atoms with van der Waals surface area (Å²) in [6.45, 7) is 5.62. The minimum atomic E-state index is 0.496. The van der Waals surface area contributed by atoms with Crippen LogP contribution >= 0.6 is 0 Å². The second-order valence-corrected chi connectivity index (χ2v) is 10.0. The fourth-order valence-electron chi connectivity index (χ4n) is 5.15. The van der Waals surface area contributed by atoms with Crippen molar-refractivity contribution in [1.29, 1.82) is 0 Å². The van der Waals surface area contributed by atoms with E-state index in [1.807, 2.05) is 0 Å². The van der Waals surface area contributed by atoms with Crippen LogP contribution in [0.15, 0.2) is 42.5 Å². The van der Waals surface area contributed by atoms with Crippen molar-refractivity contribution in [3.8, 4) is 11.5 Å². The molecule has 0 bridgehead atoms. The van der Waals surface area contributed by atoms with Crippen LogP contribution in [0.5, 0.6) is 11.5 Å². The Hall–Kier alpha value is -2.04. The maximum absolute atomic E-state index is 6.01. The Balaban J connectivity index is 1.06. The topological polar surface area (TPSA) is 43.5 Å². The Morgan fingerprint density at radius 2 is 1.27 bits per heavy atom. The van der Waals surface area contributed by atoms with E-state index in [1.165, 1.54) is 42.4 Å². The third-order valence-corrected chi connectivity index (χ3v) is 7.42. The second-order valence-electron chi connectivity index (χ2n) is 10.0. The molecule has 2 aliphatic heterocycles. The van der Waals surface area contributed by atoms with Gasteiger partial charge in [0.15, 0.2) is 0 Å². The zero-order valence-electron chi connectivity index (χ0n) is 20.0. The lowest BCUT2D eigenvalue weighted by atomic mass is 9.76. The Morgan fingerprint density at radius 3 is 1.85 bits per heavy atom. The van der Waals surface area contributed by atoms with E-state index in [9.17, 15) is 0 Å². The van der Waals surface area contributed by atoms with Crippen molar-refractivity contribution >= 4 is 0 Å². The van der Waals surface area contributed by atoms with Crippen LogP contribution in [-0.4, -0.2) is 38.6 Å². The first-order valence-electron chi connectivity index (χ1n) is 12.9. The van der Waals surface area contributed by atoms with Crippen molar-refractivity contribution in [2.75, 3.05) is 26.4 Å².